The molecule has 1 N–H and O–H groups in total. The van der Waals surface area contributed by atoms with Gasteiger partial charge in [0.05, 0.1) is 0 Å². The number of ether oxygens (including phenoxy) is 1. The molecule has 0 aliphatic rings. The van der Waals surface area contributed by atoms with Gasteiger partial charge in [0, 0.05) is 18.1 Å². The summed E-state index contributed by atoms with van der Waals surface area (Å²) in [5.74, 6) is 0.887. The van der Waals surface area contributed by atoms with E-state index in [0.717, 1.165) is 29.4 Å². The molecule has 0 bridgehead atoms. The van der Waals surface area contributed by atoms with Gasteiger partial charge in [-0.3, -0.25) is 0 Å². The zero-order chi connectivity index (χ0) is 17.5. The van der Waals surface area contributed by atoms with E-state index in [9.17, 15) is 0 Å². The largest absolute Gasteiger partial charge is 0.489 e. The van der Waals surface area contributed by atoms with E-state index >= 15 is 0 Å². The van der Waals surface area contributed by atoms with E-state index in [1.807, 2.05) is 48.5 Å². The maximum absolute atomic E-state index is 6.17. The molecule has 0 saturated heterocycles. The van der Waals surface area contributed by atoms with Gasteiger partial charge >= 0.3 is 0 Å². The lowest BCUT2D eigenvalue weighted by atomic mass is 10.1. The summed E-state index contributed by atoms with van der Waals surface area (Å²) in [5, 5.41) is 4.22. The van der Waals surface area contributed by atoms with Crippen molar-refractivity contribution in [1.82, 2.24) is 5.32 Å². The molecular formula is C22H22ClNO. The predicted octanol–water partition coefficient (Wildman–Crippen LogP) is 5.52. The molecule has 0 spiro atoms. The first kappa shape index (κ1) is 17.5. The van der Waals surface area contributed by atoms with Crippen molar-refractivity contribution in [3.8, 4) is 5.75 Å². The fourth-order valence-corrected chi connectivity index (χ4v) is 2.82. The Hall–Kier alpha value is -2.29. The van der Waals surface area contributed by atoms with E-state index in [1.165, 1.54) is 16.7 Å². The summed E-state index contributed by atoms with van der Waals surface area (Å²) < 4.78 is 5.88. The number of benzene rings is 3. The Morgan fingerprint density at radius 3 is 2.20 bits per heavy atom. The van der Waals surface area contributed by atoms with Crippen LogP contribution in [0.3, 0.4) is 0 Å². The molecule has 25 heavy (non-hydrogen) atoms. The fraction of sp³-hybridized carbons (Fsp3) is 0.182. The molecule has 0 fully saturated rings. The third kappa shape index (κ3) is 5.09. The van der Waals surface area contributed by atoms with Crippen LogP contribution in [-0.2, 0) is 19.7 Å². The molecule has 0 atom stereocenters. The molecule has 3 aromatic rings. The van der Waals surface area contributed by atoms with Crippen molar-refractivity contribution in [2.24, 2.45) is 0 Å². The molecular weight excluding hydrogens is 330 g/mol. The summed E-state index contributed by atoms with van der Waals surface area (Å²) in [6.45, 7) is 4.25. The SMILES string of the molecule is Cc1ccccc1COc1ccc(CNCc2ccccc2Cl)cc1. The maximum Gasteiger partial charge on any atom is 0.119 e. The Balaban J connectivity index is 1.49. The van der Waals surface area contributed by atoms with Gasteiger partial charge in [0.2, 0.25) is 0 Å². The summed E-state index contributed by atoms with van der Waals surface area (Å²) in [5.41, 5.74) is 4.80. The van der Waals surface area contributed by atoms with Crippen molar-refractivity contribution in [1.29, 1.82) is 0 Å². The van der Waals surface area contributed by atoms with Gasteiger partial charge in [0.25, 0.3) is 0 Å². The highest BCUT2D eigenvalue weighted by molar-refractivity contribution is 6.31. The zero-order valence-electron chi connectivity index (χ0n) is 14.3. The van der Waals surface area contributed by atoms with Gasteiger partial charge in [0.1, 0.15) is 12.4 Å². The van der Waals surface area contributed by atoms with Crippen molar-refractivity contribution in [3.05, 3.63) is 100 Å². The van der Waals surface area contributed by atoms with Crippen molar-refractivity contribution in [2.75, 3.05) is 0 Å². The van der Waals surface area contributed by atoms with Gasteiger partial charge in [-0.1, -0.05) is 66.2 Å². The number of rotatable bonds is 7. The molecule has 0 saturated carbocycles. The molecule has 3 aromatic carbocycles. The van der Waals surface area contributed by atoms with Crippen LogP contribution < -0.4 is 10.1 Å². The fourth-order valence-electron chi connectivity index (χ4n) is 2.62. The van der Waals surface area contributed by atoms with Crippen molar-refractivity contribution >= 4 is 11.6 Å². The second-order valence-electron chi connectivity index (χ2n) is 6.05. The third-order valence-electron chi connectivity index (χ3n) is 4.18. The summed E-state index contributed by atoms with van der Waals surface area (Å²) in [4.78, 5) is 0. The summed E-state index contributed by atoms with van der Waals surface area (Å²) in [7, 11) is 0. The molecule has 2 nitrogen and oxygen atoms in total. The molecule has 0 heterocycles. The van der Waals surface area contributed by atoms with E-state index in [4.69, 9.17) is 16.3 Å². The number of halogens is 1. The van der Waals surface area contributed by atoms with E-state index < -0.39 is 0 Å². The zero-order valence-corrected chi connectivity index (χ0v) is 15.1. The van der Waals surface area contributed by atoms with Crippen LogP contribution in [0.2, 0.25) is 5.02 Å². The molecule has 0 amide bonds. The van der Waals surface area contributed by atoms with Gasteiger partial charge in [0.15, 0.2) is 0 Å². The van der Waals surface area contributed by atoms with Crippen LogP contribution in [0.1, 0.15) is 22.3 Å². The molecule has 0 radical (unpaired) electrons. The second-order valence-corrected chi connectivity index (χ2v) is 6.46. The maximum atomic E-state index is 6.17. The lowest BCUT2D eigenvalue weighted by molar-refractivity contribution is 0.305. The average molecular weight is 352 g/mol. The second kappa shape index (κ2) is 8.70. The minimum Gasteiger partial charge on any atom is -0.489 e. The highest BCUT2D eigenvalue weighted by Gasteiger charge is 2.01. The van der Waals surface area contributed by atoms with Gasteiger partial charge in [-0.15, -0.1) is 0 Å². The van der Waals surface area contributed by atoms with Crippen molar-refractivity contribution in [3.63, 3.8) is 0 Å². The normalized spacial score (nSPS) is 10.6. The minimum atomic E-state index is 0.594. The molecule has 0 aromatic heterocycles. The molecule has 0 aliphatic heterocycles. The smallest absolute Gasteiger partial charge is 0.119 e. The molecule has 0 unspecified atom stereocenters. The van der Waals surface area contributed by atoms with E-state index in [-0.39, 0.29) is 0 Å². The van der Waals surface area contributed by atoms with E-state index in [1.54, 1.807) is 0 Å². The topological polar surface area (TPSA) is 21.3 Å². The molecule has 128 valence electrons. The van der Waals surface area contributed by atoms with Gasteiger partial charge in [-0.05, 0) is 47.4 Å². The highest BCUT2D eigenvalue weighted by Crippen LogP contribution is 2.17. The van der Waals surface area contributed by atoms with Crippen LogP contribution in [0.5, 0.6) is 5.75 Å². The molecule has 3 rings (SSSR count). The van der Waals surface area contributed by atoms with Crippen LogP contribution in [0.15, 0.2) is 72.8 Å². The van der Waals surface area contributed by atoms with E-state index in [2.05, 4.69) is 36.5 Å². The number of hydrogen-bond donors (Lipinski definition) is 1. The Labute approximate surface area is 154 Å². The van der Waals surface area contributed by atoms with Crippen LogP contribution >= 0.6 is 11.6 Å². The van der Waals surface area contributed by atoms with Gasteiger partial charge < -0.3 is 10.1 Å². The summed E-state index contributed by atoms with van der Waals surface area (Å²) >= 11 is 6.17. The molecule has 0 aliphatic carbocycles. The summed E-state index contributed by atoms with van der Waals surface area (Å²) in [6.07, 6.45) is 0. The molecule has 3 heteroatoms. The Bertz CT molecular complexity index is 814. The summed E-state index contributed by atoms with van der Waals surface area (Å²) in [6, 6.07) is 24.4. The van der Waals surface area contributed by atoms with E-state index in [0.29, 0.717) is 6.61 Å². The van der Waals surface area contributed by atoms with Gasteiger partial charge in [-0.25, -0.2) is 0 Å². The monoisotopic (exact) mass is 351 g/mol. The quantitative estimate of drug-likeness (QED) is 0.605. The van der Waals surface area contributed by atoms with Crippen LogP contribution in [0.25, 0.3) is 0 Å². The standard InChI is InChI=1S/C22H22ClNO/c1-17-6-2-3-8-20(17)16-25-21-12-10-18(11-13-21)14-24-15-19-7-4-5-9-22(19)23/h2-13,24H,14-16H2,1H3. The number of hydrogen-bond acceptors (Lipinski definition) is 2. The van der Waals surface area contributed by atoms with Crippen LogP contribution in [0.4, 0.5) is 0 Å². The van der Waals surface area contributed by atoms with Crippen LogP contribution in [-0.4, -0.2) is 0 Å². The Morgan fingerprint density at radius 2 is 1.48 bits per heavy atom. The Morgan fingerprint density at radius 1 is 0.800 bits per heavy atom. The average Bonchev–Trinajstić information content (AvgIpc) is 2.64. The number of nitrogens with one attached hydrogen (secondary N) is 1. The Kier molecular flexibility index (Phi) is 6.10. The first-order valence-electron chi connectivity index (χ1n) is 8.43. The minimum absolute atomic E-state index is 0.594. The van der Waals surface area contributed by atoms with Crippen molar-refractivity contribution < 1.29 is 4.74 Å². The lowest BCUT2D eigenvalue weighted by Gasteiger charge is -2.10. The van der Waals surface area contributed by atoms with Crippen molar-refractivity contribution in [2.45, 2.75) is 26.6 Å². The predicted molar refractivity (Wildman–Crippen MR) is 104 cm³/mol. The highest BCUT2D eigenvalue weighted by atomic mass is 35.5. The van der Waals surface area contributed by atoms with Crippen LogP contribution in [0, 0.1) is 6.92 Å². The van der Waals surface area contributed by atoms with Gasteiger partial charge in [-0.2, -0.15) is 0 Å². The first-order valence-corrected chi connectivity index (χ1v) is 8.80. The lowest BCUT2D eigenvalue weighted by Crippen LogP contribution is -2.12. The number of aryl methyl sites for hydroxylation is 1. The third-order valence-corrected chi connectivity index (χ3v) is 4.55. The first-order chi connectivity index (χ1) is 12.2.